The smallest absolute Gasteiger partial charge is 0.257 e. The number of fused-ring (bicyclic) bond motifs is 1. The fourth-order valence-corrected chi connectivity index (χ4v) is 3.96. The number of anilines is 1. The zero-order valence-corrected chi connectivity index (χ0v) is 16.0. The highest BCUT2D eigenvalue weighted by atomic mass is 32.1. The largest absolute Gasteiger partial charge is 0.497 e. The lowest BCUT2D eigenvalue weighted by Crippen LogP contribution is -2.30. The first-order valence-corrected chi connectivity index (χ1v) is 9.78. The Balaban J connectivity index is 1.36. The van der Waals surface area contributed by atoms with Gasteiger partial charge in [-0.25, -0.2) is 4.98 Å². The number of ether oxygens (including phenoxy) is 1. The Morgan fingerprint density at radius 3 is 2.74 bits per heavy atom. The van der Waals surface area contributed by atoms with E-state index in [9.17, 15) is 4.79 Å². The van der Waals surface area contributed by atoms with Crippen LogP contribution >= 0.6 is 11.3 Å². The van der Waals surface area contributed by atoms with Crippen LogP contribution in [-0.4, -0.2) is 29.4 Å². The summed E-state index contributed by atoms with van der Waals surface area (Å²) in [5.41, 5.74) is 4.41. The van der Waals surface area contributed by atoms with Crippen molar-refractivity contribution in [2.75, 3.05) is 19.0 Å². The van der Waals surface area contributed by atoms with Gasteiger partial charge in [-0.2, -0.15) is 0 Å². The molecular weight excluding hydrogens is 358 g/mol. The van der Waals surface area contributed by atoms with E-state index in [4.69, 9.17) is 4.74 Å². The highest BCUT2D eigenvalue weighted by Crippen LogP contribution is 2.23. The number of rotatable bonds is 5. The molecule has 3 aromatic rings. The zero-order chi connectivity index (χ0) is 18.6. The van der Waals surface area contributed by atoms with Crippen LogP contribution in [0.3, 0.4) is 0 Å². The summed E-state index contributed by atoms with van der Waals surface area (Å²) in [7, 11) is 1.60. The van der Waals surface area contributed by atoms with E-state index in [1.165, 1.54) is 22.5 Å². The molecule has 0 bridgehead atoms. The van der Waals surface area contributed by atoms with Gasteiger partial charge in [0, 0.05) is 30.6 Å². The van der Waals surface area contributed by atoms with E-state index in [2.05, 4.69) is 39.5 Å². The second-order valence-electron chi connectivity index (χ2n) is 6.56. The van der Waals surface area contributed by atoms with Crippen molar-refractivity contribution in [2.45, 2.75) is 19.5 Å². The lowest BCUT2D eigenvalue weighted by molar-refractivity contribution is 0.102. The first-order valence-electron chi connectivity index (χ1n) is 8.90. The average molecular weight is 379 g/mol. The number of carbonyl (C=O) groups excluding carboxylic acids is 1. The minimum Gasteiger partial charge on any atom is -0.497 e. The molecule has 5 nitrogen and oxygen atoms in total. The Morgan fingerprint density at radius 2 is 1.96 bits per heavy atom. The maximum atomic E-state index is 12.4. The number of nitrogens with one attached hydrogen (secondary N) is 1. The van der Waals surface area contributed by atoms with Crippen molar-refractivity contribution in [3.05, 3.63) is 76.3 Å². The van der Waals surface area contributed by atoms with Gasteiger partial charge >= 0.3 is 0 Å². The number of thiazole rings is 1. The summed E-state index contributed by atoms with van der Waals surface area (Å²) in [4.78, 5) is 19.3. The van der Waals surface area contributed by atoms with Gasteiger partial charge in [-0.05, 0) is 41.8 Å². The molecule has 4 rings (SSSR count). The van der Waals surface area contributed by atoms with Crippen LogP contribution in [-0.2, 0) is 19.5 Å². The van der Waals surface area contributed by atoms with Gasteiger partial charge in [0.15, 0.2) is 5.13 Å². The van der Waals surface area contributed by atoms with Gasteiger partial charge in [-0.1, -0.05) is 24.3 Å². The molecule has 0 fully saturated rings. The minimum absolute atomic E-state index is 0.162. The summed E-state index contributed by atoms with van der Waals surface area (Å²) in [6, 6.07) is 15.6. The summed E-state index contributed by atoms with van der Waals surface area (Å²) in [5.74, 6) is 0.566. The number of amides is 1. The number of carbonyl (C=O) groups is 1. The number of nitrogens with zero attached hydrogens (tertiary/aromatic N) is 2. The number of aromatic nitrogens is 1. The quantitative estimate of drug-likeness (QED) is 0.729. The number of hydrogen-bond acceptors (Lipinski definition) is 5. The molecule has 1 aliphatic heterocycles. The topological polar surface area (TPSA) is 54.5 Å². The Bertz CT molecular complexity index is 937. The third-order valence-corrected chi connectivity index (χ3v) is 5.53. The summed E-state index contributed by atoms with van der Waals surface area (Å²) >= 11 is 1.46. The normalized spacial score (nSPS) is 13.8. The molecule has 1 amide bonds. The van der Waals surface area contributed by atoms with Crippen LogP contribution in [0.1, 0.15) is 27.2 Å². The van der Waals surface area contributed by atoms with Crippen LogP contribution in [0, 0.1) is 0 Å². The van der Waals surface area contributed by atoms with Crippen molar-refractivity contribution in [1.29, 1.82) is 0 Å². The van der Waals surface area contributed by atoms with Crippen molar-refractivity contribution >= 4 is 22.4 Å². The average Bonchev–Trinajstić information content (AvgIpc) is 3.14. The van der Waals surface area contributed by atoms with Crippen molar-refractivity contribution in [2.24, 2.45) is 0 Å². The molecule has 1 aromatic heterocycles. The summed E-state index contributed by atoms with van der Waals surface area (Å²) in [6.07, 6.45) is 1.07. The molecule has 2 aromatic carbocycles. The minimum atomic E-state index is -0.162. The van der Waals surface area contributed by atoms with Gasteiger partial charge in [-0.3, -0.25) is 15.0 Å². The summed E-state index contributed by atoms with van der Waals surface area (Å²) in [6.45, 7) is 2.77. The SMILES string of the molecule is COc1ccc(C(=O)Nc2nc(CN3CCc4ccccc4C3)cs2)cc1. The third kappa shape index (κ3) is 4.18. The molecule has 2 heterocycles. The van der Waals surface area contributed by atoms with Gasteiger partial charge in [-0.15, -0.1) is 11.3 Å². The van der Waals surface area contributed by atoms with Crippen LogP contribution in [0.25, 0.3) is 0 Å². The van der Waals surface area contributed by atoms with Crippen LogP contribution in [0.4, 0.5) is 5.13 Å². The van der Waals surface area contributed by atoms with Gasteiger partial charge in [0.2, 0.25) is 0 Å². The van der Waals surface area contributed by atoms with Crippen LogP contribution in [0.2, 0.25) is 0 Å². The maximum Gasteiger partial charge on any atom is 0.257 e. The van der Waals surface area contributed by atoms with Crippen LogP contribution in [0.15, 0.2) is 53.9 Å². The predicted molar refractivity (Wildman–Crippen MR) is 107 cm³/mol. The number of hydrogen-bond donors (Lipinski definition) is 1. The molecule has 0 aliphatic carbocycles. The molecule has 0 radical (unpaired) electrons. The lowest BCUT2D eigenvalue weighted by Gasteiger charge is -2.27. The first kappa shape index (κ1) is 17.7. The van der Waals surface area contributed by atoms with Gasteiger partial charge in [0.25, 0.3) is 5.91 Å². The molecule has 0 saturated carbocycles. The van der Waals surface area contributed by atoms with Crippen LogP contribution in [0.5, 0.6) is 5.75 Å². The van der Waals surface area contributed by atoms with Crippen LogP contribution < -0.4 is 10.1 Å². The molecule has 1 aliphatic rings. The second-order valence-corrected chi connectivity index (χ2v) is 7.41. The summed E-state index contributed by atoms with van der Waals surface area (Å²) in [5, 5.41) is 5.52. The van der Waals surface area contributed by atoms with E-state index >= 15 is 0 Å². The first-order chi connectivity index (χ1) is 13.2. The highest BCUT2D eigenvalue weighted by Gasteiger charge is 2.17. The van der Waals surface area contributed by atoms with E-state index in [1.54, 1.807) is 31.4 Å². The fourth-order valence-electron chi connectivity index (χ4n) is 3.27. The standard InChI is InChI=1S/C21H21N3O2S/c1-26-19-8-6-16(7-9-19)20(25)23-21-22-18(14-27-21)13-24-11-10-15-4-2-3-5-17(15)12-24/h2-9,14H,10-13H2,1H3,(H,22,23,25). The Labute approximate surface area is 162 Å². The number of methoxy groups -OCH3 is 1. The molecule has 0 atom stereocenters. The Hall–Kier alpha value is -2.70. The second kappa shape index (κ2) is 7.90. The molecule has 1 N–H and O–H groups in total. The lowest BCUT2D eigenvalue weighted by atomic mass is 10.00. The highest BCUT2D eigenvalue weighted by molar-refractivity contribution is 7.13. The van der Waals surface area contributed by atoms with Gasteiger partial charge in [0.05, 0.1) is 12.8 Å². The van der Waals surface area contributed by atoms with Gasteiger partial charge < -0.3 is 4.74 Å². The van der Waals surface area contributed by atoms with Crippen molar-refractivity contribution < 1.29 is 9.53 Å². The van der Waals surface area contributed by atoms with E-state index in [-0.39, 0.29) is 5.91 Å². The molecule has 6 heteroatoms. The van der Waals surface area contributed by atoms with Crippen molar-refractivity contribution in [3.63, 3.8) is 0 Å². The van der Waals surface area contributed by atoms with E-state index in [1.807, 2.05) is 5.38 Å². The van der Waals surface area contributed by atoms with Gasteiger partial charge in [0.1, 0.15) is 5.75 Å². The predicted octanol–water partition coefficient (Wildman–Crippen LogP) is 3.96. The fraction of sp³-hybridized carbons (Fsp3) is 0.238. The molecular formula is C21H21N3O2S. The van der Waals surface area contributed by atoms with Crippen molar-refractivity contribution in [3.8, 4) is 5.75 Å². The van der Waals surface area contributed by atoms with Crippen molar-refractivity contribution in [1.82, 2.24) is 9.88 Å². The Morgan fingerprint density at radius 1 is 1.19 bits per heavy atom. The monoisotopic (exact) mass is 379 g/mol. The third-order valence-electron chi connectivity index (χ3n) is 4.72. The molecule has 138 valence electrons. The van der Waals surface area contributed by atoms with E-state index < -0.39 is 0 Å². The molecule has 0 unspecified atom stereocenters. The molecule has 27 heavy (non-hydrogen) atoms. The Kier molecular flexibility index (Phi) is 5.18. The maximum absolute atomic E-state index is 12.4. The van der Waals surface area contributed by atoms with E-state index in [0.717, 1.165) is 37.5 Å². The van der Waals surface area contributed by atoms with E-state index in [0.29, 0.717) is 10.7 Å². The molecule has 0 spiro atoms. The summed E-state index contributed by atoms with van der Waals surface area (Å²) < 4.78 is 5.12. The number of benzene rings is 2. The zero-order valence-electron chi connectivity index (χ0n) is 15.1. The molecule has 0 saturated heterocycles.